The molecule has 1 aromatic heterocycles. The Labute approximate surface area is 134 Å². The number of aromatic carboxylic acids is 1. The van der Waals surface area contributed by atoms with E-state index in [1.54, 1.807) is 12.1 Å². The number of carboxylic acids is 1. The van der Waals surface area contributed by atoms with E-state index in [9.17, 15) is 9.90 Å². The van der Waals surface area contributed by atoms with Gasteiger partial charge in [-0.15, -0.1) is 0 Å². The zero-order chi connectivity index (χ0) is 14.8. The molecule has 0 saturated carbocycles. The van der Waals surface area contributed by atoms with Crippen molar-refractivity contribution in [2.45, 2.75) is 6.61 Å². The molecule has 4 nitrogen and oxygen atoms in total. The molecule has 5 heteroatoms. The van der Waals surface area contributed by atoms with Gasteiger partial charge in [-0.3, -0.25) is 0 Å². The van der Waals surface area contributed by atoms with E-state index in [1.165, 1.54) is 0 Å². The summed E-state index contributed by atoms with van der Waals surface area (Å²) < 4.78 is 12.2. The molecule has 0 spiro atoms. The lowest BCUT2D eigenvalue weighted by Crippen LogP contribution is -2.03. The standard InChI is InChI=1S/C16H11IO4/c17-10-5-7-11(8-6-10)20-9-13-12-3-1-2-4-14(12)21-15(13)16(18)19/h1-8H,9H2,(H,18,19). The van der Waals surface area contributed by atoms with Crippen LogP contribution in [0.25, 0.3) is 11.0 Å². The summed E-state index contributed by atoms with van der Waals surface area (Å²) in [6.45, 7) is 0.152. The fraction of sp³-hybridized carbons (Fsp3) is 0.0625. The van der Waals surface area contributed by atoms with Gasteiger partial charge in [-0.25, -0.2) is 4.79 Å². The van der Waals surface area contributed by atoms with Crippen molar-refractivity contribution in [3.05, 3.63) is 63.4 Å². The summed E-state index contributed by atoms with van der Waals surface area (Å²) in [7, 11) is 0. The van der Waals surface area contributed by atoms with Crippen LogP contribution in [0.2, 0.25) is 0 Å². The van der Waals surface area contributed by atoms with Crippen molar-refractivity contribution in [3.8, 4) is 5.75 Å². The van der Waals surface area contributed by atoms with Crippen molar-refractivity contribution in [1.29, 1.82) is 0 Å². The minimum absolute atomic E-state index is 0.0679. The Balaban J connectivity index is 1.93. The highest BCUT2D eigenvalue weighted by molar-refractivity contribution is 14.1. The number of hydrogen-bond acceptors (Lipinski definition) is 3. The van der Waals surface area contributed by atoms with Gasteiger partial charge in [0.2, 0.25) is 5.76 Å². The number of carbonyl (C=O) groups is 1. The van der Waals surface area contributed by atoms with Crippen LogP contribution < -0.4 is 4.74 Å². The molecule has 21 heavy (non-hydrogen) atoms. The van der Waals surface area contributed by atoms with E-state index in [-0.39, 0.29) is 12.4 Å². The number of fused-ring (bicyclic) bond motifs is 1. The van der Waals surface area contributed by atoms with Crippen LogP contribution in [0.1, 0.15) is 16.1 Å². The normalized spacial score (nSPS) is 10.7. The number of ether oxygens (including phenoxy) is 1. The second-order valence-electron chi connectivity index (χ2n) is 4.45. The summed E-state index contributed by atoms with van der Waals surface area (Å²) in [4.78, 5) is 11.3. The Hall–Kier alpha value is -2.02. The lowest BCUT2D eigenvalue weighted by atomic mass is 10.1. The molecule has 0 fully saturated rings. The fourth-order valence-corrected chi connectivity index (χ4v) is 2.46. The van der Waals surface area contributed by atoms with Crippen LogP contribution in [0.15, 0.2) is 52.9 Å². The topological polar surface area (TPSA) is 59.7 Å². The van der Waals surface area contributed by atoms with Crippen LogP contribution in [0.3, 0.4) is 0 Å². The predicted octanol–water partition coefficient (Wildman–Crippen LogP) is 4.31. The Morgan fingerprint density at radius 3 is 2.57 bits per heavy atom. The third-order valence-corrected chi connectivity index (χ3v) is 3.81. The van der Waals surface area contributed by atoms with Gasteiger partial charge in [0.1, 0.15) is 17.9 Å². The average Bonchev–Trinajstić information content (AvgIpc) is 2.86. The lowest BCUT2D eigenvalue weighted by molar-refractivity contribution is 0.0661. The van der Waals surface area contributed by atoms with Gasteiger partial charge in [0.25, 0.3) is 0 Å². The van der Waals surface area contributed by atoms with Gasteiger partial charge in [0.05, 0.1) is 5.56 Å². The van der Waals surface area contributed by atoms with Gasteiger partial charge in [0, 0.05) is 8.96 Å². The molecule has 0 atom stereocenters. The monoisotopic (exact) mass is 394 g/mol. The molecule has 1 N–H and O–H groups in total. The van der Waals surface area contributed by atoms with Crippen LogP contribution in [-0.4, -0.2) is 11.1 Å². The molecule has 0 unspecified atom stereocenters. The van der Waals surface area contributed by atoms with E-state index in [0.29, 0.717) is 16.9 Å². The summed E-state index contributed by atoms with van der Waals surface area (Å²) in [5, 5.41) is 10.0. The number of halogens is 1. The molecule has 2 aromatic carbocycles. The summed E-state index contributed by atoms with van der Waals surface area (Å²) in [5.74, 6) is -0.467. The van der Waals surface area contributed by atoms with Gasteiger partial charge in [-0.05, 0) is 52.9 Å². The second kappa shape index (κ2) is 5.77. The highest BCUT2D eigenvalue weighted by Crippen LogP contribution is 2.27. The minimum atomic E-state index is -1.09. The van der Waals surface area contributed by atoms with Crippen molar-refractivity contribution >= 4 is 39.5 Å². The van der Waals surface area contributed by atoms with E-state index >= 15 is 0 Å². The molecule has 0 aliphatic carbocycles. The first kappa shape index (κ1) is 13.9. The smallest absolute Gasteiger partial charge is 0.372 e. The molecule has 0 bridgehead atoms. The minimum Gasteiger partial charge on any atom is -0.489 e. The van der Waals surface area contributed by atoms with E-state index < -0.39 is 5.97 Å². The highest BCUT2D eigenvalue weighted by atomic mass is 127. The molecule has 1 heterocycles. The predicted molar refractivity (Wildman–Crippen MR) is 86.7 cm³/mol. The Morgan fingerprint density at radius 2 is 1.86 bits per heavy atom. The van der Waals surface area contributed by atoms with Gasteiger partial charge in [0.15, 0.2) is 0 Å². The maximum absolute atomic E-state index is 11.3. The Morgan fingerprint density at radius 1 is 1.14 bits per heavy atom. The Bertz CT molecular complexity index is 790. The maximum atomic E-state index is 11.3. The van der Waals surface area contributed by atoms with Crippen molar-refractivity contribution in [2.75, 3.05) is 0 Å². The van der Waals surface area contributed by atoms with Crippen LogP contribution in [0.4, 0.5) is 0 Å². The van der Waals surface area contributed by atoms with E-state index in [4.69, 9.17) is 9.15 Å². The van der Waals surface area contributed by atoms with Crippen molar-refractivity contribution in [2.24, 2.45) is 0 Å². The molecule has 0 aliphatic heterocycles. The van der Waals surface area contributed by atoms with Gasteiger partial charge in [-0.2, -0.15) is 0 Å². The molecule has 0 saturated heterocycles. The zero-order valence-corrected chi connectivity index (χ0v) is 13.0. The highest BCUT2D eigenvalue weighted by Gasteiger charge is 2.20. The van der Waals surface area contributed by atoms with Crippen LogP contribution in [0.5, 0.6) is 5.75 Å². The average molecular weight is 394 g/mol. The van der Waals surface area contributed by atoms with Gasteiger partial charge in [-0.1, -0.05) is 18.2 Å². The zero-order valence-electron chi connectivity index (χ0n) is 10.9. The maximum Gasteiger partial charge on any atom is 0.372 e. The fourth-order valence-electron chi connectivity index (χ4n) is 2.10. The molecule has 0 radical (unpaired) electrons. The number of para-hydroxylation sites is 1. The van der Waals surface area contributed by atoms with Crippen LogP contribution >= 0.6 is 22.6 Å². The molecule has 0 aliphatic rings. The summed E-state index contributed by atoms with van der Waals surface area (Å²) in [6, 6.07) is 14.8. The molecule has 0 amide bonds. The summed E-state index contributed by atoms with van der Waals surface area (Å²) in [5.41, 5.74) is 1.10. The molecule has 106 valence electrons. The molecule has 3 aromatic rings. The summed E-state index contributed by atoms with van der Waals surface area (Å²) in [6.07, 6.45) is 0. The first-order chi connectivity index (χ1) is 10.1. The SMILES string of the molecule is O=C(O)c1oc2ccccc2c1COc1ccc(I)cc1. The van der Waals surface area contributed by atoms with Crippen LogP contribution in [-0.2, 0) is 6.61 Å². The van der Waals surface area contributed by atoms with Crippen molar-refractivity contribution in [3.63, 3.8) is 0 Å². The third-order valence-electron chi connectivity index (χ3n) is 3.09. The summed E-state index contributed by atoms with van der Waals surface area (Å²) >= 11 is 2.21. The quantitative estimate of drug-likeness (QED) is 0.670. The van der Waals surface area contributed by atoms with Crippen molar-refractivity contribution in [1.82, 2.24) is 0 Å². The first-order valence-corrected chi connectivity index (χ1v) is 7.35. The molecule has 3 rings (SSSR count). The largest absolute Gasteiger partial charge is 0.489 e. The number of benzene rings is 2. The third kappa shape index (κ3) is 2.87. The Kier molecular flexibility index (Phi) is 3.83. The van der Waals surface area contributed by atoms with Gasteiger partial charge >= 0.3 is 5.97 Å². The number of hydrogen-bond donors (Lipinski definition) is 1. The van der Waals surface area contributed by atoms with E-state index in [0.717, 1.165) is 8.96 Å². The van der Waals surface area contributed by atoms with E-state index in [1.807, 2.05) is 36.4 Å². The van der Waals surface area contributed by atoms with E-state index in [2.05, 4.69) is 22.6 Å². The van der Waals surface area contributed by atoms with Crippen LogP contribution in [0, 0.1) is 3.57 Å². The van der Waals surface area contributed by atoms with Crippen molar-refractivity contribution < 1.29 is 19.1 Å². The lowest BCUT2D eigenvalue weighted by Gasteiger charge is -2.06. The first-order valence-electron chi connectivity index (χ1n) is 6.27. The number of furan rings is 1. The number of carboxylic acid groups (broad SMARTS) is 1. The number of rotatable bonds is 4. The van der Waals surface area contributed by atoms with Gasteiger partial charge < -0.3 is 14.3 Å². The molecular weight excluding hydrogens is 383 g/mol. The molecular formula is C16H11IO4. The second-order valence-corrected chi connectivity index (χ2v) is 5.70.